The van der Waals surface area contributed by atoms with Gasteiger partial charge >= 0.3 is 0 Å². The minimum atomic E-state index is 0.404. The van der Waals surface area contributed by atoms with Crippen LogP contribution in [0.1, 0.15) is 0 Å². The van der Waals surface area contributed by atoms with E-state index in [2.05, 4.69) is 25.9 Å². The van der Waals surface area contributed by atoms with Gasteiger partial charge in [0.2, 0.25) is 5.71 Å². The highest BCUT2D eigenvalue weighted by molar-refractivity contribution is 9.10. The highest BCUT2D eigenvalue weighted by atomic mass is 79.9. The molecular weight excluding hydrogens is 231 g/mol. The van der Waals surface area contributed by atoms with Crippen molar-refractivity contribution in [3.63, 3.8) is 0 Å². The number of hydrogen-bond donors (Lipinski definition) is 0. The summed E-state index contributed by atoms with van der Waals surface area (Å²) in [5.74, 6) is 0. The van der Waals surface area contributed by atoms with E-state index in [0.717, 1.165) is 0 Å². The first-order valence-corrected chi connectivity index (χ1v) is 4.01. The molecule has 5 heteroatoms. The van der Waals surface area contributed by atoms with Gasteiger partial charge in [0.15, 0.2) is 0 Å². The second-order valence-electron chi connectivity index (χ2n) is 1.93. The fraction of sp³-hybridized carbons (Fsp3) is 0. The molecule has 0 bridgehead atoms. The number of pyridine rings is 1. The maximum atomic E-state index is 5.61. The van der Waals surface area contributed by atoms with E-state index in [4.69, 9.17) is 16.0 Å². The van der Waals surface area contributed by atoms with Crippen LogP contribution < -0.4 is 0 Å². The summed E-state index contributed by atoms with van der Waals surface area (Å²) in [7, 11) is 0. The van der Waals surface area contributed by atoms with Crippen molar-refractivity contribution in [3.8, 4) is 0 Å². The van der Waals surface area contributed by atoms with Gasteiger partial charge in [0, 0.05) is 15.9 Å². The van der Waals surface area contributed by atoms with Gasteiger partial charge in [-0.2, -0.15) is 4.98 Å². The Kier molecular flexibility index (Phi) is 1.58. The Hall–Kier alpha value is -0.610. The second kappa shape index (κ2) is 2.46. The summed E-state index contributed by atoms with van der Waals surface area (Å²) in [4.78, 5) is 8.30. The van der Waals surface area contributed by atoms with Crippen molar-refractivity contribution in [2.24, 2.45) is 0 Å². The van der Waals surface area contributed by atoms with Crippen molar-refractivity contribution in [2.75, 3.05) is 0 Å². The highest BCUT2D eigenvalue weighted by Gasteiger charge is 2.03. The molecule has 0 aliphatic carbocycles. The monoisotopic (exact) mass is 232 g/mol. The van der Waals surface area contributed by atoms with E-state index in [1.807, 2.05) is 0 Å². The molecular formula is C6H2BrClN2O. The minimum Gasteiger partial charge on any atom is -0.412 e. The molecule has 2 aromatic rings. The highest BCUT2D eigenvalue weighted by Crippen LogP contribution is 2.18. The Balaban J connectivity index is 2.82. The first-order valence-electron chi connectivity index (χ1n) is 2.84. The number of rotatable bonds is 0. The zero-order valence-corrected chi connectivity index (χ0v) is 7.56. The van der Waals surface area contributed by atoms with E-state index in [1.54, 1.807) is 12.1 Å². The number of hydrogen-bond acceptors (Lipinski definition) is 3. The van der Waals surface area contributed by atoms with E-state index in [-0.39, 0.29) is 0 Å². The Morgan fingerprint density at radius 1 is 1.36 bits per heavy atom. The van der Waals surface area contributed by atoms with Crippen molar-refractivity contribution < 1.29 is 4.42 Å². The molecule has 0 radical (unpaired) electrons. The third-order valence-corrected chi connectivity index (χ3v) is 1.75. The normalized spacial score (nSPS) is 10.7. The summed E-state index contributed by atoms with van der Waals surface area (Å²) in [5, 5.41) is 0.404. The van der Waals surface area contributed by atoms with E-state index in [0.29, 0.717) is 21.2 Å². The number of fused-ring (bicyclic) bond motifs is 1. The van der Waals surface area contributed by atoms with Crippen LogP contribution in [0.2, 0.25) is 5.15 Å². The van der Waals surface area contributed by atoms with E-state index in [9.17, 15) is 0 Å². The Labute approximate surface area is 75.5 Å². The van der Waals surface area contributed by atoms with Crippen LogP contribution >= 0.6 is 27.5 Å². The molecule has 0 fully saturated rings. The van der Waals surface area contributed by atoms with Gasteiger partial charge in [-0.25, -0.2) is 4.98 Å². The van der Waals surface area contributed by atoms with Crippen LogP contribution in [-0.2, 0) is 0 Å². The Bertz CT molecular complexity index is 400. The quantitative estimate of drug-likeness (QED) is 0.657. The predicted molar refractivity (Wildman–Crippen MR) is 44.5 cm³/mol. The maximum absolute atomic E-state index is 5.61. The van der Waals surface area contributed by atoms with Crippen molar-refractivity contribution in [1.82, 2.24) is 9.97 Å². The third kappa shape index (κ3) is 1.23. The first kappa shape index (κ1) is 7.06. The molecule has 2 heterocycles. The van der Waals surface area contributed by atoms with Gasteiger partial charge in [0.25, 0.3) is 4.80 Å². The lowest BCUT2D eigenvalue weighted by atomic mass is 10.4. The molecule has 0 aromatic carbocycles. The lowest BCUT2D eigenvalue weighted by Gasteiger charge is -1.84. The van der Waals surface area contributed by atoms with Gasteiger partial charge in [0.05, 0.1) is 0 Å². The average molecular weight is 233 g/mol. The molecule has 0 atom stereocenters. The summed E-state index contributed by atoms with van der Waals surface area (Å²) in [5.41, 5.74) is 1.14. The van der Waals surface area contributed by atoms with Gasteiger partial charge in [-0.1, -0.05) is 11.6 Å². The van der Waals surface area contributed by atoms with Gasteiger partial charge in [-0.05, 0) is 12.1 Å². The molecule has 2 rings (SSSR count). The lowest BCUT2D eigenvalue weighted by Crippen LogP contribution is -1.73. The SMILES string of the molecule is Clc1ccc2nc(Br)oc2n1. The second-order valence-corrected chi connectivity index (χ2v) is 2.99. The molecule has 0 saturated carbocycles. The number of oxazole rings is 1. The number of nitrogens with zero attached hydrogens (tertiary/aromatic N) is 2. The molecule has 0 aliphatic rings. The Morgan fingerprint density at radius 3 is 3.00 bits per heavy atom. The summed E-state index contributed by atoms with van der Waals surface area (Å²) < 4.78 is 5.06. The molecule has 0 amide bonds. The van der Waals surface area contributed by atoms with Gasteiger partial charge in [0.1, 0.15) is 10.7 Å². The van der Waals surface area contributed by atoms with Crippen LogP contribution in [0, 0.1) is 0 Å². The van der Waals surface area contributed by atoms with E-state index >= 15 is 0 Å². The summed E-state index contributed by atoms with van der Waals surface area (Å²) in [6, 6.07) is 3.41. The van der Waals surface area contributed by atoms with Crippen LogP contribution in [0.25, 0.3) is 11.2 Å². The van der Waals surface area contributed by atoms with Crippen LogP contribution in [0.4, 0.5) is 0 Å². The predicted octanol–water partition coefficient (Wildman–Crippen LogP) is 2.64. The van der Waals surface area contributed by atoms with Crippen LogP contribution in [-0.4, -0.2) is 9.97 Å². The molecule has 0 N–H and O–H groups in total. The fourth-order valence-corrected chi connectivity index (χ4v) is 1.25. The molecule has 11 heavy (non-hydrogen) atoms. The zero-order chi connectivity index (χ0) is 7.84. The van der Waals surface area contributed by atoms with Crippen LogP contribution in [0.5, 0.6) is 0 Å². The maximum Gasteiger partial charge on any atom is 0.266 e. The molecule has 0 unspecified atom stereocenters. The van der Waals surface area contributed by atoms with Crippen molar-refractivity contribution >= 4 is 38.8 Å². The molecule has 3 nitrogen and oxygen atoms in total. The van der Waals surface area contributed by atoms with Gasteiger partial charge in [-0.15, -0.1) is 0 Å². The largest absolute Gasteiger partial charge is 0.412 e. The minimum absolute atomic E-state index is 0.404. The molecule has 56 valence electrons. The summed E-state index contributed by atoms with van der Waals surface area (Å²) >= 11 is 8.70. The molecule has 0 spiro atoms. The topological polar surface area (TPSA) is 38.9 Å². The van der Waals surface area contributed by atoms with Crippen molar-refractivity contribution in [2.45, 2.75) is 0 Å². The Morgan fingerprint density at radius 2 is 2.18 bits per heavy atom. The summed E-state index contributed by atoms with van der Waals surface area (Å²) in [6.45, 7) is 0. The molecule has 0 saturated heterocycles. The first-order chi connectivity index (χ1) is 5.25. The van der Waals surface area contributed by atoms with Crippen molar-refractivity contribution in [3.05, 3.63) is 22.1 Å². The summed E-state index contributed by atoms with van der Waals surface area (Å²) in [6.07, 6.45) is 0. The lowest BCUT2D eigenvalue weighted by molar-refractivity contribution is 0.560. The number of halogens is 2. The van der Waals surface area contributed by atoms with Gasteiger partial charge < -0.3 is 4.42 Å². The van der Waals surface area contributed by atoms with Crippen LogP contribution in [0.15, 0.2) is 21.3 Å². The third-order valence-electron chi connectivity index (χ3n) is 1.20. The molecule has 0 aliphatic heterocycles. The standard InChI is InChI=1S/C6H2BrClN2O/c7-6-9-3-1-2-4(8)10-5(3)11-6/h1-2H. The van der Waals surface area contributed by atoms with Gasteiger partial charge in [-0.3, -0.25) is 0 Å². The van der Waals surface area contributed by atoms with E-state index in [1.165, 1.54) is 0 Å². The van der Waals surface area contributed by atoms with Crippen molar-refractivity contribution in [1.29, 1.82) is 0 Å². The fourth-order valence-electron chi connectivity index (χ4n) is 0.768. The zero-order valence-electron chi connectivity index (χ0n) is 5.21. The smallest absolute Gasteiger partial charge is 0.266 e. The molecule has 2 aromatic heterocycles. The average Bonchev–Trinajstić information content (AvgIpc) is 2.27. The van der Waals surface area contributed by atoms with Crippen LogP contribution in [0.3, 0.4) is 0 Å². The number of aromatic nitrogens is 2. The van der Waals surface area contributed by atoms with E-state index < -0.39 is 0 Å².